The molecule has 0 radical (unpaired) electrons. The minimum absolute atomic E-state index is 0.191. The largest absolute Gasteiger partial charge is 0.336 e. The van der Waals surface area contributed by atoms with E-state index in [-0.39, 0.29) is 18.6 Å². The van der Waals surface area contributed by atoms with Crippen LogP contribution in [-0.4, -0.2) is 37.1 Å². The van der Waals surface area contributed by atoms with Crippen LogP contribution < -0.4 is 16.2 Å². The molecule has 0 unspecified atom stereocenters. The molecule has 0 bridgehead atoms. The molecule has 2 aromatic heterocycles. The molecule has 0 aliphatic heterocycles. The molecular weight excluding hydrogens is 381 g/mol. The number of carbonyl (C=O) groups is 1. The standard InChI is InChI=1S/C15H13Cl2N7O2/c16-11-2-1-10(7-12(11)17)21-15(26)19-5-6-23-14(25)4-3-13(22-23)24-9-18-8-20-24/h1-4,7-9H,5-6H2,(H2,19,21,26). The topological polar surface area (TPSA) is 107 Å². The molecule has 1 aromatic carbocycles. The average Bonchev–Trinajstić information content (AvgIpc) is 3.14. The van der Waals surface area contributed by atoms with E-state index in [1.807, 2.05) is 0 Å². The molecule has 0 atom stereocenters. The van der Waals surface area contributed by atoms with Gasteiger partial charge in [0.05, 0.1) is 16.6 Å². The van der Waals surface area contributed by atoms with E-state index in [4.69, 9.17) is 23.2 Å². The molecule has 0 fully saturated rings. The van der Waals surface area contributed by atoms with E-state index in [1.165, 1.54) is 40.2 Å². The zero-order valence-electron chi connectivity index (χ0n) is 13.3. The predicted molar refractivity (Wildman–Crippen MR) is 96.9 cm³/mol. The van der Waals surface area contributed by atoms with Crippen LogP contribution in [0.1, 0.15) is 0 Å². The summed E-state index contributed by atoms with van der Waals surface area (Å²) >= 11 is 11.7. The molecular formula is C15H13Cl2N7O2. The number of nitrogens with one attached hydrogen (secondary N) is 2. The van der Waals surface area contributed by atoms with Gasteiger partial charge in [0.15, 0.2) is 5.82 Å². The Labute approximate surface area is 157 Å². The number of amides is 2. The summed E-state index contributed by atoms with van der Waals surface area (Å²) in [6.45, 7) is 0.386. The molecule has 134 valence electrons. The summed E-state index contributed by atoms with van der Waals surface area (Å²) in [5.74, 6) is 0.447. The van der Waals surface area contributed by atoms with Gasteiger partial charge in [0.2, 0.25) is 0 Å². The maximum absolute atomic E-state index is 11.9. The van der Waals surface area contributed by atoms with Gasteiger partial charge in [-0.2, -0.15) is 5.10 Å². The van der Waals surface area contributed by atoms with Crippen molar-refractivity contribution in [2.24, 2.45) is 0 Å². The number of carbonyl (C=O) groups excluding carboxylic acids is 1. The summed E-state index contributed by atoms with van der Waals surface area (Å²) in [6.07, 6.45) is 2.84. The summed E-state index contributed by atoms with van der Waals surface area (Å²) in [5, 5.41) is 14.1. The Hall–Kier alpha value is -2.91. The molecule has 2 N–H and O–H groups in total. The number of benzene rings is 1. The molecule has 0 saturated carbocycles. The fourth-order valence-electron chi connectivity index (χ4n) is 2.07. The molecule has 2 heterocycles. The van der Waals surface area contributed by atoms with Crippen molar-refractivity contribution < 1.29 is 4.79 Å². The molecule has 0 saturated heterocycles. The third-order valence-corrected chi connectivity index (χ3v) is 4.03. The molecule has 0 spiro atoms. The van der Waals surface area contributed by atoms with E-state index in [1.54, 1.807) is 12.1 Å². The first kappa shape index (κ1) is 17.9. The van der Waals surface area contributed by atoms with Crippen molar-refractivity contribution in [3.63, 3.8) is 0 Å². The van der Waals surface area contributed by atoms with Crippen molar-refractivity contribution in [3.05, 3.63) is 63.4 Å². The number of nitrogens with zero attached hydrogens (tertiary/aromatic N) is 5. The highest BCUT2D eigenvalue weighted by Gasteiger charge is 2.06. The van der Waals surface area contributed by atoms with Gasteiger partial charge in [-0.15, -0.1) is 5.10 Å². The van der Waals surface area contributed by atoms with Gasteiger partial charge in [0.25, 0.3) is 5.56 Å². The quantitative estimate of drug-likeness (QED) is 0.688. The summed E-state index contributed by atoms with van der Waals surface area (Å²) in [5.41, 5.74) is 0.209. The van der Waals surface area contributed by atoms with Crippen LogP contribution in [0.2, 0.25) is 10.0 Å². The average molecular weight is 394 g/mol. The van der Waals surface area contributed by atoms with E-state index in [0.717, 1.165) is 0 Å². The van der Waals surface area contributed by atoms with Gasteiger partial charge >= 0.3 is 6.03 Å². The maximum atomic E-state index is 11.9. The number of urea groups is 1. The van der Waals surface area contributed by atoms with Gasteiger partial charge < -0.3 is 10.6 Å². The van der Waals surface area contributed by atoms with Gasteiger partial charge in [0.1, 0.15) is 12.7 Å². The van der Waals surface area contributed by atoms with Crippen molar-refractivity contribution >= 4 is 34.9 Å². The monoisotopic (exact) mass is 393 g/mol. The first-order chi connectivity index (χ1) is 12.5. The third kappa shape index (κ3) is 4.38. The molecule has 3 rings (SSSR count). The lowest BCUT2D eigenvalue weighted by Crippen LogP contribution is -2.34. The van der Waals surface area contributed by atoms with Crippen LogP contribution in [0.5, 0.6) is 0 Å². The Morgan fingerprint density at radius 2 is 2.00 bits per heavy atom. The number of anilines is 1. The summed E-state index contributed by atoms with van der Waals surface area (Å²) in [6, 6.07) is 7.22. The minimum Gasteiger partial charge on any atom is -0.336 e. The Balaban J connectivity index is 1.57. The van der Waals surface area contributed by atoms with Crippen molar-refractivity contribution in [1.82, 2.24) is 29.9 Å². The Bertz CT molecular complexity index is 972. The lowest BCUT2D eigenvalue weighted by atomic mass is 10.3. The lowest BCUT2D eigenvalue weighted by Gasteiger charge is -2.10. The molecule has 11 heteroatoms. The summed E-state index contributed by atoms with van der Waals surface area (Å²) in [4.78, 5) is 27.6. The van der Waals surface area contributed by atoms with Crippen molar-refractivity contribution in [2.45, 2.75) is 6.54 Å². The Morgan fingerprint density at radius 1 is 1.15 bits per heavy atom. The van der Waals surface area contributed by atoms with Crippen molar-refractivity contribution in [2.75, 3.05) is 11.9 Å². The highest BCUT2D eigenvalue weighted by molar-refractivity contribution is 6.42. The van der Waals surface area contributed by atoms with E-state index < -0.39 is 6.03 Å². The fourth-order valence-corrected chi connectivity index (χ4v) is 2.37. The molecule has 0 aliphatic rings. The van der Waals surface area contributed by atoms with Gasteiger partial charge in [-0.1, -0.05) is 23.2 Å². The van der Waals surface area contributed by atoms with Crippen LogP contribution in [-0.2, 0) is 6.54 Å². The van der Waals surface area contributed by atoms with Crippen LogP contribution in [0.3, 0.4) is 0 Å². The maximum Gasteiger partial charge on any atom is 0.319 e. The number of halogens is 2. The highest BCUT2D eigenvalue weighted by Crippen LogP contribution is 2.24. The van der Waals surface area contributed by atoms with Crippen LogP contribution in [0.4, 0.5) is 10.5 Å². The van der Waals surface area contributed by atoms with Crippen LogP contribution in [0.15, 0.2) is 47.8 Å². The molecule has 9 nitrogen and oxygen atoms in total. The van der Waals surface area contributed by atoms with Gasteiger partial charge in [-0.3, -0.25) is 4.79 Å². The SMILES string of the molecule is O=C(NCCn1nc(-n2cncn2)ccc1=O)Nc1ccc(Cl)c(Cl)c1. The smallest absolute Gasteiger partial charge is 0.319 e. The Morgan fingerprint density at radius 3 is 2.73 bits per heavy atom. The first-order valence-electron chi connectivity index (χ1n) is 7.46. The molecule has 0 aliphatic carbocycles. The van der Waals surface area contributed by atoms with Gasteiger partial charge in [-0.25, -0.2) is 19.1 Å². The van der Waals surface area contributed by atoms with Crippen LogP contribution in [0, 0.1) is 0 Å². The van der Waals surface area contributed by atoms with Crippen molar-refractivity contribution in [1.29, 1.82) is 0 Å². The van der Waals surface area contributed by atoms with E-state index in [0.29, 0.717) is 21.6 Å². The van der Waals surface area contributed by atoms with Gasteiger partial charge in [0, 0.05) is 18.3 Å². The van der Waals surface area contributed by atoms with Crippen LogP contribution >= 0.6 is 23.2 Å². The number of hydrogen-bond acceptors (Lipinski definition) is 5. The minimum atomic E-state index is -0.441. The second-order valence-corrected chi connectivity index (χ2v) is 5.92. The number of aromatic nitrogens is 5. The summed E-state index contributed by atoms with van der Waals surface area (Å²) < 4.78 is 2.66. The second-order valence-electron chi connectivity index (χ2n) is 5.10. The highest BCUT2D eigenvalue weighted by atomic mass is 35.5. The second kappa shape index (κ2) is 7.98. The number of hydrogen-bond donors (Lipinski definition) is 2. The predicted octanol–water partition coefficient (Wildman–Crippen LogP) is 1.95. The summed E-state index contributed by atoms with van der Waals surface area (Å²) in [7, 11) is 0. The van der Waals surface area contributed by atoms with E-state index in [2.05, 4.69) is 25.8 Å². The third-order valence-electron chi connectivity index (χ3n) is 3.29. The van der Waals surface area contributed by atoms with Crippen LogP contribution in [0.25, 0.3) is 5.82 Å². The lowest BCUT2D eigenvalue weighted by molar-refractivity contribution is 0.251. The first-order valence-corrected chi connectivity index (χ1v) is 8.21. The van der Waals surface area contributed by atoms with E-state index >= 15 is 0 Å². The van der Waals surface area contributed by atoms with E-state index in [9.17, 15) is 9.59 Å². The van der Waals surface area contributed by atoms with Crippen molar-refractivity contribution in [3.8, 4) is 5.82 Å². The fraction of sp³-hybridized carbons (Fsp3) is 0.133. The van der Waals surface area contributed by atoms with Gasteiger partial charge in [-0.05, 0) is 24.3 Å². The number of rotatable bonds is 5. The molecule has 2 amide bonds. The normalized spacial score (nSPS) is 10.5. The zero-order valence-corrected chi connectivity index (χ0v) is 14.8. The zero-order chi connectivity index (χ0) is 18.5. The molecule has 3 aromatic rings. The molecule has 26 heavy (non-hydrogen) atoms. The Kier molecular flexibility index (Phi) is 5.49.